The topological polar surface area (TPSA) is 43.1 Å². The third kappa shape index (κ3) is 2.04. The number of nitrogens with two attached hydrogens (primary N) is 1. The largest absolute Gasteiger partial charge is 0.369 e. The number of carbonyl (C=O) groups excluding carboxylic acids is 1. The van der Waals surface area contributed by atoms with E-state index < -0.39 is 0 Å². The van der Waals surface area contributed by atoms with E-state index in [1.165, 1.54) is 19.3 Å². The van der Waals surface area contributed by atoms with Gasteiger partial charge in [-0.2, -0.15) is 0 Å². The van der Waals surface area contributed by atoms with Gasteiger partial charge in [0.2, 0.25) is 5.91 Å². The Balaban J connectivity index is 2.11. The summed E-state index contributed by atoms with van der Waals surface area (Å²) in [4.78, 5) is 11.3. The van der Waals surface area contributed by atoms with Gasteiger partial charge in [0.1, 0.15) is 0 Å². The summed E-state index contributed by atoms with van der Waals surface area (Å²) in [6.45, 7) is 4.67. The van der Waals surface area contributed by atoms with Crippen LogP contribution in [-0.2, 0) is 4.79 Å². The quantitative estimate of drug-likeness (QED) is 0.746. The molecule has 2 bridgehead atoms. The summed E-state index contributed by atoms with van der Waals surface area (Å²) in [7, 11) is 0. The molecule has 2 aliphatic rings. The summed E-state index contributed by atoms with van der Waals surface area (Å²) in [5.41, 5.74) is 5.45. The molecule has 1 amide bonds. The van der Waals surface area contributed by atoms with E-state index in [-0.39, 0.29) is 11.8 Å². The van der Waals surface area contributed by atoms with Crippen LogP contribution < -0.4 is 5.73 Å². The van der Waals surface area contributed by atoms with Crippen LogP contribution in [0, 0.1) is 29.6 Å². The Morgan fingerprint density at radius 3 is 2.13 bits per heavy atom. The first-order chi connectivity index (χ1) is 7.09. The van der Waals surface area contributed by atoms with Crippen molar-refractivity contribution in [2.75, 3.05) is 0 Å². The summed E-state index contributed by atoms with van der Waals surface area (Å²) in [6.07, 6.45) is 6.14. The van der Waals surface area contributed by atoms with Gasteiger partial charge in [-0.15, -0.1) is 0 Å². The highest BCUT2D eigenvalue weighted by molar-refractivity contribution is 5.76. The van der Waals surface area contributed by atoms with E-state index in [2.05, 4.69) is 13.8 Å². The lowest BCUT2D eigenvalue weighted by molar-refractivity contribution is -0.126. The van der Waals surface area contributed by atoms with E-state index >= 15 is 0 Å². The second kappa shape index (κ2) is 4.15. The van der Waals surface area contributed by atoms with E-state index in [0.29, 0.717) is 0 Å². The Bertz CT molecular complexity index is 235. The highest BCUT2D eigenvalue weighted by atomic mass is 16.1. The fourth-order valence-electron chi connectivity index (χ4n) is 4.11. The zero-order chi connectivity index (χ0) is 11.0. The molecule has 2 heteroatoms. The van der Waals surface area contributed by atoms with Crippen LogP contribution in [0.2, 0.25) is 0 Å². The SMILES string of the molecule is CC(C)C1C2CCCC1CC(C(N)=O)C2. The van der Waals surface area contributed by atoms with Gasteiger partial charge in [-0.1, -0.05) is 33.1 Å². The molecule has 2 rings (SSSR count). The number of rotatable bonds is 2. The molecule has 2 fully saturated rings. The Labute approximate surface area is 92.6 Å². The summed E-state index contributed by atoms with van der Waals surface area (Å²) in [6, 6.07) is 0. The predicted molar refractivity (Wildman–Crippen MR) is 61.1 cm³/mol. The molecule has 0 aromatic carbocycles. The number of carbonyl (C=O) groups is 1. The van der Waals surface area contributed by atoms with Crippen LogP contribution in [-0.4, -0.2) is 5.91 Å². The first kappa shape index (κ1) is 11.0. The van der Waals surface area contributed by atoms with Crippen molar-refractivity contribution >= 4 is 5.91 Å². The van der Waals surface area contributed by atoms with Crippen LogP contribution in [0.5, 0.6) is 0 Å². The van der Waals surface area contributed by atoms with Crippen molar-refractivity contribution in [2.45, 2.75) is 46.0 Å². The highest BCUT2D eigenvalue weighted by Crippen LogP contribution is 2.49. The van der Waals surface area contributed by atoms with Gasteiger partial charge in [-0.05, 0) is 36.5 Å². The molecule has 2 aliphatic carbocycles. The fraction of sp³-hybridized carbons (Fsp3) is 0.923. The first-order valence-corrected chi connectivity index (χ1v) is 6.39. The van der Waals surface area contributed by atoms with Crippen LogP contribution in [0.25, 0.3) is 0 Å². The van der Waals surface area contributed by atoms with Gasteiger partial charge in [0.15, 0.2) is 0 Å². The van der Waals surface area contributed by atoms with Crippen molar-refractivity contribution in [3.8, 4) is 0 Å². The van der Waals surface area contributed by atoms with Gasteiger partial charge in [-0.3, -0.25) is 4.79 Å². The second-order valence-electron chi connectivity index (χ2n) is 5.84. The van der Waals surface area contributed by atoms with Gasteiger partial charge in [0.25, 0.3) is 0 Å². The van der Waals surface area contributed by atoms with E-state index in [0.717, 1.165) is 36.5 Å². The van der Waals surface area contributed by atoms with Crippen molar-refractivity contribution in [2.24, 2.45) is 35.3 Å². The van der Waals surface area contributed by atoms with Crippen molar-refractivity contribution in [3.05, 3.63) is 0 Å². The zero-order valence-electron chi connectivity index (χ0n) is 9.91. The second-order valence-corrected chi connectivity index (χ2v) is 5.84. The normalized spacial score (nSPS) is 40.5. The standard InChI is InChI=1S/C13H23NO/c1-8(2)12-9-4-3-5-10(12)7-11(6-9)13(14)15/h8-12H,3-7H2,1-2H3,(H2,14,15). The summed E-state index contributed by atoms with van der Waals surface area (Å²) < 4.78 is 0. The van der Waals surface area contributed by atoms with E-state index in [1.54, 1.807) is 0 Å². The Morgan fingerprint density at radius 2 is 1.73 bits per heavy atom. The molecule has 2 saturated carbocycles. The smallest absolute Gasteiger partial charge is 0.220 e. The molecule has 0 aliphatic heterocycles. The van der Waals surface area contributed by atoms with Crippen LogP contribution in [0.4, 0.5) is 0 Å². The maximum atomic E-state index is 11.3. The lowest BCUT2D eigenvalue weighted by atomic mass is 9.58. The van der Waals surface area contributed by atoms with Gasteiger partial charge >= 0.3 is 0 Å². The molecule has 15 heavy (non-hydrogen) atoms. The van der Waals surface area contributed by atoms with Crippen LogP contribution in [0.15, 0.2) is 0 Å². The van der Waals surface area contributed by atoms with Gasteiger partial charge < -0.3 is 5.73 Å². The molecule has 2 unspecified atom stereocenters. The monoisotopic (exact) mass is 209 g/mol. The van der Waals surface area contributed by atoms with E-state index in [4.69, 9.17) is 5.73 Å². The maximum Gasteiger partial charge on any atom is 0.220 e. The average molecular weight is 209 g/mol. The van der Waals surface area contributed by atoms with E-state index in [1.807, 2.05) is 0 Å². The molecule has 0 heterocycles. The molecule has 2 atom stereocenters. The van der Waals surface area contributed by atoms with Crippen LogP contribution in [0.1, 0.15) is 46.0 Å². The van der Waals surface area contributed by atoms with Gasteiger partial charge in [0, 0.05) is 5.92 Å². The minimum atomic E-state index is -0.0610. The summed E-state index contributed by atoms with van der Waals surface area (Å²) in [5.74, 6) is 3.29. The lowest BCUT2D eigenvalue weighted by Crippen LogP contribution is -2.42. The zero-order valence-corrected chi connectivity index (χ0v) is 9.91. The number of hydrogen-bond acceptors (Lipinski definition) is 1. The Morgan fingerprint density at radius 1 is 1.20 bits per heavy atom. The molecule has 2 N–H and O–H groups in total. The third-order valence-corrected chi connectivity index (χ3v) is 4.59. The molecule has 0 aromatic heterocycles. The van der Waals surface area contributed by atoms with Crippen molar-refractivity contribution in [3.63, 3.8) is 0 Å². The minimum absolute atomic E-state index is 0.0610. The molecular formula is C13H23NO. The predicted octanol–water partition coefficient (Wildman–Crippen LogP) is 2.57. The molecule has 86 valence electrons. The molecule has 0 aromatic rings. The summed E-state index contributed by atoms with van der Waals surface area (Å²) >= 11 is 0. The number of amides is 1. The first-order valence-electron chi connectivity index (χ1n) is 6.39. The van der Waals surface area contributed by atoms with Crippen LogP contribution in [0.3, 0.4) is 0 Å². The Kier molecular flexibility index (Phi) is 3.03. The van der Waals surface area contributed by atoms with Gasteiger partial charge in [-0.25, -0.2) is 0 Å². The fourth-order valence-corrected chi connectivity index (χ4v) is 4.11. The number of hydrogen-bond donors (Lipinski definition) is 1. The molecule has 0 radical (unpaired) electrons. The number of primary amides is 1. The van der Waals surface area contributed by atoms with Crippen molar-refractivity contribution in [1.29, 1.82) is 0 Å². The lowest BCUT2D eigenvalue weighted by Gasteiger charge is -2.47. The summed E-state index contributed by atoms with van der Waals surface area (Å²) in [5, 5.41) is 0. The third-order valence-electron chi connectivity index (χ3n) is 4.59. The van der Waals surface area contributed by atoms with Crippen LogP contribution >= 0.6 is 0 Å². The Hall–Kier alpha value is -0.530. The minimum Gasteiger partial charge on any atom is -0.369 e. The molecular weight excluding hydrogens is 186 g/mol. The highest BCUT2D eigenvalue weighted by Gasteiger charge is 2.42. The molecule has 0 saturated heterocycles. The van der Waals surface area contributed by atoms with Crippen molar-refractivity contribution < 1.29 is 4.79 Å². The maximum absolute atomic E-state index is 11.3. The average Bonchev–Trinajstić information content (AvgIpc) is 2.15. The number of fused-ring (bicyclic) bond motifs is 2. The molecule has 0 spiro atoms. The molecule has 2 nitrogen and oxygen atoms in total. The van der Waals surface area contributed by atoms with E-state index in [9.17, 15) is 4.79 Å². The van der Waals surface area contributed by atoms with Crippen molar-refractivity contribution in [1.82, 2.24) is 0 Å². The van der Waals surface area contributed by atoms with Gasteiger partial charge in [0.05, 0.1) is 0 Å².